The maximum absolute atomic E-state index is 12.5. The van der Waals surface area contributed by atoms with Gasteiger partial charge in [-0.15, -0.1) is 0 Å². The highest BCUT2D eigenvalue weighted by Gasteiger charge is 2.33. The van der Waals surface area contributed by atoms with Gasteiger partial charge in [-0.1, -0.05) is 66.7 Å². The van der Waals surface area contributed by atoms with E-state index >= 15 is 0 Å². The highest BCUT2D eigenvalue weighted by molar-refractivity contribution is 8.18. The number of carbonyl (C=O) groups excluding carboxylic acids is 3. The zero-order valence-corrected chi connectivity index (χ0v) is 18.3. The van der Waals surface area contributed by atoms with Crippen molar-refractivity contribution < 1.29 is 19.1 Å². The maximum atomic E-state index is 12.5. The molecule has 0 unspecified atom stereocenters. The van der Waals surface area contributed by atoms with Crippen molar-refractivity contribution >= 4 is 34.8 Å². The fraction of sp³-hybridized carbons (Fsp3) is 0.115. The molecule has 5 nitrogen and oxygen atoms in total. The second kappa shape index (κ2) is 9.66. The molecule has 1 saturated heterocycles. The fourth-order valence-electron chi connectivity index (χ4n) is 3.30. The first-order chi connectivity index (χ1) is 15.5. The molecule has 0 bridgehead atoms. The van der Waals surface area contributed by atoms with Crippen molar-refractivity contribution in [1.82, 2.24) is 4.90 Å². The van der Waals surface area contributed by atoms with E-state index in [9.17, 15) is 14.4 Å². The SMILES string of the molecule is CCN1C(=O)SC(=Cc2ccc(OCC(=O)c3ccc(-c4ccccc4)cc3)cc2)C1=O. The molecule has 0 saturated carbocycles. The maximum Gasteiger partial charge on any atom is 0.293 e. The van der Waals surface area contributed by atoms with Gasteiger partial charge < -0.3 is 4.74 Å². The second-order valence-corrected chi connectivity index (χ2v) is 8.14. The van der Waals surface area contributed by atoms with Gasteiger partial charge in [0.1, 0.15) is 5.75 Å². The van der Waals surface area contributed by atoms with Crippen LogP contribution in [0.4, 0.5) is 4.79 Å². The summed E-state index contributed by atoms with van der Waals surface area (Å²) in [7, 11) is 0. The van der Waals surface area contributed by atoms with E-state index in [1.54, 1.807) is 49.4 Å². The number of rotatable bonds is 7. The van der Waals surface area contributed by atoms with Crippen molar-refractivity contribution in [3.8, 4) is 16.9 Å². The Bertz CT molecular complexity index is 1170. The van der Waals surface area contributed by atoms with Gasteiger partial charge in [-0.25, -0.2) is 0 Å². The molecule has 3 aromatic rings. The van der Waals surface area contributed by atoms with Crippen molar-refractivity contribution in [2.75, 3.05) is 13.2 Å². The molecular formula is C26H21NO4S. The molecule has 1 aliphatic heterocycles. The van der Waals surface area contributed by atoms with E-state index in [0.717, 1.165) is 28.5 Å². The molecule has 160 valence electrons. The molecule has 0 N–H and O–H groups in total. The fourth-order valence-corrected chi connectivity index (χ4v) is 4.20. The van der Waals surface area contributed by atoms with Crippen molar-refractivity contribution in [2.45, 2.75) is 6.92 Å². The summed E-state index contributed by atoms with van der Waals surface area (Å²) in [5, 5.41) is -0.251. The van der Waals surface area contributed by atoms with Crippen LogP contribution in [0, 0.1) is 0 Å². The van der Waals surface area contributed by atoms with Crippen LogP contribution in [0.3, 0.4) is 0 Å². The minimum atomic E-state index is -0.272. The first-order valence-corrected chi connectivity index (χ1v) is 11.0. The molecule has 2 amide bonds. The molecule has 1 aliphatic rings. The van der Waals surface area contributed by atoms with Crippen LogP contribution in [-0.4, -0.2) is 35.0 Å². The van der Waals surface area contributed by atoms with Crippen LogP contribution in [-0.2, 0) is 4.79 Å². The summed E-state index contributed by atoms with van der Waals surface area (Å²) in [5.41, 5.74) is 3.52. The minimum Gasteiger partial charge on any atom is -0.485 e. The normalized spacial score (nSPS) is 14.8. The number of thioether (sulfide) groups is 1. The Hall–Kier alpha value is -3.64. The molecular weight excluding hydrogens is 422 g/mol. The number of likely N-dealkylation sites (N-methyl/N-ethyl adjacent to an activating group) is 1. The van der Waals surface area contributed by atoms with Gasteiger partial charge in [0, 0.05) is 12.1 Å². The average Bonchev–Trinajstić information content (AvgIpc) is 3.10. The van der Waals surface area contributed by atoms with Crippen molar-refractivity contribution in [3.63, 3.8) is 0 Å². The van der Waals surface area contributed by atoms with Crippen LogP contribution in [0.15, 0.2) is 83.8 Å². The van der Waals surface area contributed by atoms with Crippen LogP contribution in [0.2, 0.25) is 0 Å². The summed E-state index contributed by atoms with van der Waals surface area (Å²) in [6.45, 7) is 2.06. The average molecular weight is 444 g/mol. The lowest BCUT2D eigenvalue weighted by molar-refractivity contribution is -0.122. The third kappa shape index (κ3) is 4.81. The summed E-state index contributed by atoms with van der Waals surface area (Å²) in [6.07, 6.45) is 1.68. The Morgan fingerprint density at radius 1 is 0.906 bits per heavy atom. The lowest BCUT2D eigenvalue weighted by atomic mass is 10.0. The highest BCUT2D eigenvalue weighted by Crippen LogP contribution is 2.32. The minimum absolute atomic E-state index is 0.0700. The Labute approximate surface area is 190 Å². The lowest BCUT2D eigenvalue weighted by Gasteiger charge is -2.08. The number of amides is 2. The van der Waals surface area contributed by atoms with E-state index in [2.05, 4.69) is 0 Å². The van der Waals surface area contributed by atoms with Crippen LogP contribution < -0.4 is 4.74 Å². The number of nitrogens with zero attached hydrogens (tertiary/aromatic N) is 1. The van der Waals surface area contributed by atoms with Gasteiger partial charge in [0.2, 0.25) is 0 Å². The summed E-state index contributed by atoms with van der Waals surface area (Å²) in [5.74, 6) is 0.173. The van der Waals surface area contributed by atoms with Gasteiger partial charge in [-0.05, 0) is 53.6 Å². The predicted octanol–water partition coefficient (Wildman–Crippen LogP) is 5.67. The van der Waals surface area contributed by atoms with Gasteiger partial charge in [-0.2, -0.15) is 0 Å². The standard InChI is InChI=1S/C26H21NO4S/c1-2-27-25(29)24(32-26(27)30)16-18-8-14-22(15-9-18)31-17-23(28)21-12-10-20(11-13-21)19-6-4-3-5-7-19/h3-16H,2,17H2,1H3. The molecule has 0 radical (unpaired) electrons. The van der Waals surface area contributed by atoms with Crippen molar-refractivity contribution in [1.29, 1.82) is 0 Å². The Kier molecular flexibility index (Phi) is 6.52. The number of imide groups is 1. The zero-order chi connectivity index (χ0) is 22.5. The molecule has 0 atom stereocenters. The third-order valence-corrected chi connectivity index (χ3v) is 5.96. The molecule has 1 heterocycles. The van der Waals surface area contributed by atoms with E-state index in [1.165, 1.54) is 4.90 Å². The molecule has 32 heavy (non-hydrogen) atoms. The number of benzene rings is 3. The molecule has 3 aromatic carbocycles. The Balaban J connectivity index is 1.35. The topological polar surface area (TPSA) is 63.7 Å². The van der Waals surface area contributed by atoms with Gasteiger partial charge in [-0.3, -0.25) is 19.3 Å². The largest absolute Gasteiger partial charge is 0.485 e. The zero-order valence-electron chi connectivity index (χ0n) is 17.5. The van der Waals surface area contributed by atoms with Crippen LogP contribution in [0.25, 0.3) is 17.2 Å². The van der Waals surface area contributed by atoms with E-state index in [-0.39, 0.29) is 23.5 Å². The molecule has 4 rings (SSSR count). The summed E-state index contributed by atoms with van der Waals surface area (Å²) in [6, 6.07) is 24.5. The summed E-state index contributed by atoms with van der Waals surface area (Å²) < 4.78 is 5.63. The van der Waals surface area contributed by atoms with Crippen molar-refractivity contribution in [3.05, 3.63) is 94.9 Å². The van der Waals surface area contributed by atoms with Crippen LogP contribution in [0.5, 0.6) is 5.75 Å². The number of ether oxygens (including phenoxy) is 1. The smallest absolute Gasteiger partial charge is 0.293 e. The molecule has 0 spiro atoms. The molecule has 6 heteroatoms. The third-order valence-electron chi connectivity index (χ3n) is 5.05. The van der Waals surface area contributed by atoms with E-state index in [1.807, 2.05) is 42.5 Å². The summed E-state index contributed by atoms with van der Waals surface area (Å²) >= 11 is 0.939. The predicted molar refractivity (Wildman–Crippen MR) is 126 cm³/mol. The second-order valence-electron chi connectivity index (χ2n) is 7.15. The van der Waals surface area contributed by atoms with E-state index in [0.29, 0.717) is 22.8 Å². The first-order valence-electron chi connectivity index (χ1n) is 10.2. The van der Waals surface area contributed by atoms with E-state index in [4.69, 9.17) is 4.74 Å². The number of Topliss-reactive ketones (excluding diaryl/α,β-unsaturated/α-hetero) is 1. The molecule has 0 aliphatic carbocycles. The molecule has 1 fully saturated rings. The highest BCUT2D eigenvalue weighted by atomic mass is 32.2. The molecule has 0 aromatic heterocycles. The number of ketones is 1. The van der Waals surface area contributed by atoms with Gasteiger partial charge >= 0.3 is 0 Å². The number of carbonyl (C=O) groups is 3. The lowest BCUT2D eigenvalue weighted by Crippen LogP contribution is -2.27. The number of hydrogen-bond acceptors (Lipinski definition) is 5. The van der Waals surface area contributed by atoms with Crippen molar-refractivity contribution in [2.24, 2.45) is 0 Å². The summed E-state index contributed by atoms with van der Waals surface area (Å²) in [4.78, 5) is 38.1. The Morgan fingerprint density at radius 3 is 2.19 bits per heavy atom. The van der Waals surface area contributed by atoms with Gasteiger partial charge in [0.15, 0.2) is 12.4 Å². The number of hydrogen-bond donors (Lipinski definition) is 0. The van der Waals surface area contributed by atoms with Gasteiger partial charge in [0.05, 0.1) is 4.91 Å². The van der Waals surface area contributed by atoms with Crippen LogP contribution >= 0.6 is 11.8 Å². The first kappa shape index (κ1) is 21.6. The quantitative estimate of drug-likeness (QED) is 0.348. The monoisotopic (exact) mass is 443 g/mol. The Morgan fingerprint density at radius 2 is 1.56 bits per heavy atom. The van der Waals surface area contributed by atoms with E-state index < -0.39 is 0 Å². The van der Waals surface area contributed by atoms with Gasteiger partial charge in [0.25, 0.3) is 11.1 Å². The van der Waals surface area contributed by atoms with Crippen LogP contribution in [0.1, 0.15) is 22.8 Å².